The van der Waals surface area contributed by atoms with Gasteiger partial charge in [-0.25, -0.2) is 8.42 Å². The van der Waals surface area contributed by atoms with Crippen LogP contribution < -0.4 is 4.72 Å². The van der Waals surface area contributed by atoms with Gasteiger partial charge in [-0.1, -0.05) is 52.0 Å². The highest BCUT2D eigenvalue weighted by molar-refractivity contribution is 7.89. The summed E-state index contributed by atoms with van der Waals surface area (Å²) in [4.78, 5) is 11.4. The fourth-order valence-corrected chi connectivity index (χ4v) is 5.03. The molecule has 0 aliphatic rings. The van der Waals surface area contributed by atoms with Crippen molar-refractivity contribution in [1.29, 1.82) is 0 Å². The summed E-state index contributed by atoms with van der Waals surface area (Å²) >= 11 is 0. The van der Waals surface area contributed by atoms with Gasteiger partial charge in [0.1, 0.15) is 6.04 Å². The second-order valence-corrected chi connectivity index (χ2v) is 15.2. The predicted octanol–water partition coefficient (Wildman–Crippen LogP) is 4.86. The Kier molecular flexibility index (Phi) is 8.83. The molecule has 1 aromatic rings. The number of allylic oxidation sites excluding steroid dienone is 1. The molecule has 1 aromatic carbocycles. The molecule has 29 heavy (non-hydrogen) atoms. The van der Waals surface area contributed by atoms with Crippen LogP contribution in [0.15, 0.2) is 41.3 Å². The van der Waals surface area contributed by atoms with E-state index in [2.05, 4.69) is 38.6 Å². The SMILES string of the molecule is CCC=CC[C@H](NS(=O)(=O)c1ccc([C@@H](C)O[Si](C)(C)C(C)(C)C)cc1)C(=O)O. The number of rotatable bonds is 10. The lowest BCUT2D eigenvalue weighted by atomic mass is 10.1. The van der Waals surface area contributed by atoms with E-state index in [-0.39, 0.29) is 22.5 Å². The molecular formula is C21H35NO5SSi. The lowest BCUT2D eigenvalue weighted by Crippen LogP contribution is -2.41. The van der Waals surface area contributed by atoms with Crippen LogP contribution in [0.4, 0.5) is 0 Å². The summed E-state index contributed by atoms with van der Waals surface area (Å²) in [6.45, 7) is 14.7. The van der Waals surface area contributed by atoms with E-state index >= 15 is 0 Å². The van der Waals surface area contributed by atoms with Gasteiger partial charge in [0.05, 0.1) is 11.0 Å². The molecule has 0 bridgehead atoms. The third kappa shape index (κ3) is 7.37. The highest BCUT2D eigenvalue weighted by Crippen LogP contribution is 2.39. The van der Waals surface area contributed by atoms with E-state index in [1.165, 1.54) is 12.1 Å². The van der Waals surface area contributed by atoms with Gasteiger partial charge < -0.3 is 9.53 Å². The number of benzene rings is 1. The number of carbonyl (C=O) groups is 1. The van der Waals surface area contributed by atoms with Crippen molar-refractivity contribution in [2.24, 2.45) is 0 Å². The third-order valence-corrected chi connectivity index (χ3v) is 11.3. The van der Waals surface area contributed by atoms with Gasteiger partial charge >= 0.3 is 5.97 Å². The molecule has 0 saturated carbocycles. The molecule has 0 saturated heterocycles. The molecule has 2 N–H and O–H groups in total. The largest absolute Gasteiger partial charge is 0.480 e. The van der Waals surface area contributed by atoms with E-state index in [1.54, 1.807) is 18.2 Å². The van der Waals surface area contributed by atoms with Crippen LogP contribution in [0.3, 0.4) is 0 Å². The zero-order valence-corrected chi connectivity index (χ0v) is 20.3. The van der Waals surface area contributed by atoms with Gasteiger partial charge in [0.2, 0.25) is 10.0 Å². The molecule has 0 fully saturated rings. The van der Waals surface area contributed by atoms with Crippen LogP contribution in [0.2, 0.25) is 18.1 Å². The first-order chi connectivity index (χ1) is 13.2. The number of hydrogen-bond acceptors (Lipinski definition) is 4. The number of hydrogen-bond donors (Lipinski definition) is 2. The first-order valence-corrected chi connectivity index (χ1v) is 14.3. The summed E-state index contributed by atoms with van der Waals surface area (Å²) in [6, 6.07) is 5.22. The van der Waals surface area contributed by atoms with E-state index in [0.29, 0.717) is 0 Å². The molecule has 0 spiro atoms. The van der Waals surface area contributed by atoms with Crippen molar-refractivity contribution in [1.82, 2.24) is 4.72 Å². The van der Waals surface area contributed by atoms with E-state index < -0.39 is 30.4 Å². The zero-order valence-electron chi connectivity index (χ0n) is 18.5. The number of aliphatic carboxylic acids is 1. The Morgan fingerprint density at radius 2 is 1.76 bits per heavy atom. The number of sulfonamides is 1. The fraction of sp³-hybridized carbons (Fsp3) is 0.571. The Morgan fingerprint density at radius 1 is 1.21 bits per heavy atom. The average molecular weight is 442 g/mol. The Bertz CT molecular complexity index is 810. The normalized spacial score (nSPS) is 15.4. The Hall–Kier alpha value is -1.48. The van der Waals surface area contributed by atoms with E-state index in [4.69, 9.17) is 4.43 Å². The van der Waals surface area contributed by atoms with Crippen molar-refractivity contribution in [3.8, 4) is 0 Å². The summed E-state index contributed by atoms with van der Waals surface area (Å²) in [5, 5.41) is 9.38. The number of carboxylic acids is 1. The summed E-state index contributed by atoms with van der Waals surface area (Å²) in [6.07, 6.45) is 4.17. The molecule has 0 heterocycles. The molecule has 8 heteroatoms. The summed E-state index contributed by atoms with van der Waals surface area (Å²) in [5.41, 5.74) is 0.884. The summed E-state index contributed by atoms with van der Waals surface area (Å²) in [7, 11) is -5.89. The average Bonchev–Trinajstić information content (AvgIpc) is 2.59. The zero-order chi connectivity index (χ0) is 22.5. The third-order valence-electron chi connectivity index (χ3n) is 5.31. The van der Waals surface area contributed by atoms with Gasteiger partial charge in [-0.3, -0.25) is 4.79 Å². The van der Waals surface area contributed by atoms with Crippen LogP contribution >= 0.6 is 0 Å². The van der Waals surface area contributed by atoms with Gasteiger partial charge in [-0.15, -0.1) is 0 Å². The van der Waals surface area contributed by atoms with Crippen molar-refractivity contribution < 1.29 is 22.7 Å². The quantitative estimate of drug-likeness (QED) is 0.400. The second kappa shape index (κ2) is 10.0. The molecule has 0 aliphatic carbocycles. The lowest BCUT2D eigenvalue weighted by molar-refractivity contribution is -0.138. The first kappa shape index (κ1) is 25.6. The highest BCUT2D eigenvalue weighted by Gasteiger charge is 2.38. The predicted molar refractivity (Wildman–Crippen MR) is 119 cm³/mol. The maximum atomic E-state index is 12.6. The van der Waals surface area contributed by atoms with Gasteiger partial charge in [-0.2, -0.15) is 4.72 Å². The summed E-state index contributed by atoms with van der Waals surface area (Å²) in [5.74, 6) is -1.21. The first-order valence-electron chi connectivity index (χ1n) is 9.89. The topological polar surface area (TPSA) is 92.7 Å². The molecule has 164 valence electrons. The lowest BCUT2D eigenvalue weighted by Gasteiger charge is -2.38. The number of nitrogens with one attached hydrogen (secondary N) is 1. The Morgan fingerprint density at radius 3 is 2.21 bits per heavy atom. The van der Waals surface area contributed by atoms with E-state index in [9.17, 15) is 18.3 Å². The van der Waals surface area contributed by atoms with Crippen molar-refractivity contribution in [2.75, 3.05) is 0 Å². The monoisotopic (exact) mass is 441 g/mol. The van der Waals surface area contributed by atoms with E-state index in [1.807, 2.05) is 19.9 Å². The van der Waals surface area contributed by atoms with Crippen LogP contribution in [-0.4, -0.2) is 33.9 Å². The molecule has 0 aromatic heterocycles. The molecule has 2 atom stereocenters. The fourth-order valence-electron chi connectivity index (χ4n) is 2.46. The molecule has 6 nitrogen and oxygen atoms in total. The smallest absolute Gasteiger partial charge is 0.322 e. The van der Waals surface area contributed by atoms with Crippen molar-refractivity contribution in [3.05, 3.63) is 42.0 Å². The minimum Gasteiger partial charge on any atom is -0.480 e. The van der Waals surface area contributed by atoms with Gasteiger partial charge in [0.15, 0.2) is 8.32 Å². The van der Waals surface area contributed by atoms with Crippen molar-refractivity contribution >= 4 is 24.3 Å². The minimum atomic E-state index is -3.94. The molecular weight excluding hydrogens is 406 g/mol. The Balaban J connectivity index is 2.96. The molecule has 0 radical (unpaired) electrons. The maximum absolute atomic E-state index is 12.6. The van der Waals surface area contributed by atoms with Crippen LogP contribution in [0, 0.1) is 0 Å². The highest BCUT2D eigenvalue weighted by atomic mass is 32.2. The Labute approximate surface area is 176 Å². The summed E-state index contributed by atoms with van der Waals surface area (Å²) < 4.78 is 33.8. The van der Waals surface area contributed by atoms with Crippen LogP contribution in [0.1, 0.15) is 59.1 Å². The van der Waals surface area contributed by atoms with Gasteiger partial charge in [-0.05, 0) is 55.6 Å². The molecule has 0 amide bonds. The van der Waals surface area contributed by atoms with Gasteiger partial charge in [0, 0.05) is 0 Å². The molecule has 0 aliphatic heterocycles. The van der Waals surface area contributed by atoms with Crippen molar-refractivity contribution in [2.45, 2.75) is 82.6 Å². The molecule has 1 rings (SSSR count). The van der Waals surface area contributed by atoms with Crippen LogP contribution in [0.5, 0.6) is 0 Å². The van der Waals surface area contributed by atoms with E-state index in [0.717, 1.165) is 12.0 Å². The number of carboxylic acid groups (broad SMARTS) is 1. The van der Waals surface area contributed by atoms with Gasteiger partial charge in [0.25, 0.3) is 0 Å². The van der Waals surface area contributed by atoms with Crippen LogP contribution in [-0.2, 0) is 19.2 Å². The maximum Gasteiger partial charge on any atom is 0.322 e. The standard InChI is InChI=1S/C21H35NO5SSi/c1-8-9-10-11-19(20(23)24)22-28(25,26)18-14-12-17(13-15-18)16(2)27-29(6,7)21(3,4)5/h9-10,12-16,19,22H,8,11H2,1-7H3,(H,23,24)/t16-,19+/m1/s1. The van der Waals surface area contributed by atoms with Crippen LogP contribution in [0.25, 0.3) is 0 Å². The van der Waals surface area contributed by atoms with Crippen molar-refractivity contribution in [3.63, 3.8) is 0 Å². The molecule has 0 unspecified atom stereocenters. The second-order valence-electron chi connectivity index (χ2n) is 8.72. The minimum absolute atomic E-state index is 0.0338.